The SMILES string of the molecule is [C-]#[N+]CC(O)c1ccc(OCCC)cc1. The molecule has 80 valence electrons. The molecule has 3 heteroatoms. The van der Waals surface area contributed by atoms with Gasteiger partial charge < -0.3 is 14.7 Å². The first-order chi connectivity index (χ1) is 7.27. The average Bonchev–Trinajstić information content (AvgIpc) is 2.27. The molecule has 15 heavy (non-hydrogen) atoms. The zero-order valence-corrected chi connectivity index (χ0v) is 8.81. The molecule has 0 amide bonds. The lowest BCUT2D eigenvalue weighted by molar-refractivity contribution is 0.195. The summed E-state index contributed by atoms with van der Waals surface area (Å²) in [4.78, 5) is 3.15. The van der Waals surface area contributed by atoms with Crippen molar-refractivity contribution in [2.24, 2.45) is 0 Å². The highest BCUT2D eigenvalue weighted by molar-refractivity contribution is 5.28. The summed E-state index contributed by atoms with van der Waals surface area (Å²) in [6.07, 6.45) is 0.282. The molecule has 0 radical (unpaired) electrons. The summed E-state index contributed by atoms with van der Waals surface area (Å²) < 4.78 is 5.41. The van der Waals surface area contributed by atoms with Crippen LogP contribution in [0.25, 0.3) is 4.85 Å². The predicted octanol–water partition coefficient (Wildman–Crippen LogP) is 2.43. The zero-order valence-electron chi connectivity index (χ0n) is 8.81. The fourth-order valence-electron chi connectivity index (χ4n) is 1.20. The van der Waals surface area contributed by atoms with Crippen molar-refractivity contribution in [1.29, 1.82) is 0 Å². The molecule has 1 rings (SSSR count). The van der Waals surface area contributed by atoms with Crippen LogP contribution in [0.1, 0.15) is 25.0 Å². The molecule has 0 bridgehead atoms. The van der Waals surface area contributed by atoms with Crippen LogP contribution in [-0.2, 0) is 0 Å². The Morgan fingerprint density at radius 1 is 1.40 bits per heavy atom. The summed E-state index contributed by atoms with van der Waals surface area (Å²) in [5.41, 5.74) is 0.759. The summed E-state index contributed by atoms with van der Waals surface area (Å²) in [6, 6.07) is 7.22. The number of aliphatic hydroxyl groups is 1. The first-order valence-corrected chi connectivity index (χ1v) is 5.02. The Morgan fingerprint density at radius 3 is 2.60 bits per heavy atom. The van der Waals surface area contributed by atoms with Crippen LogP contribution in [0.2, 0.25) is 0 Å². The molecule has 1 unspecified atom stereocenters. The molecule has 0 saturated heterocycles. The zero-order chi connectivity index (χ0) is 11.1. The molecular formula is C12H15NO2. The molecule has 1 atom stereocenters. The Hall–Kier alpha value is -1.53. The van der Waals surface area contributed by atoms with Crippen molar-refractivity contribution < 1.29 is 9.84 Å². The number of nitrogens with zero attached hydrogens (tertiary/aromatic N) is 1. The predicted molar refractivity (Wildman–Crippen MR) is 58.7 cm³/mol. The second-order valence-corrected chi connectivity index (χ2v) is 3.27. The van der Waals surface area contributed by atoms with Gasteiger partial charge in [-0.25, -0.2) is 6.57 Å². The van der Waals surface area contributed by atoms with Crippen LogP contribution in [0.4, 0.5) is 0 Å². The molecule has 0 aliphatic heterocycles. The van der Waals surface area contributed by atoms with E-state index >= 15 is 0 Å². The van der Waals surface area contributed by atoms with E-state index in [0.717, 1.165) is 17.7 Å². The van der Waals surface area contributed by atoms with Gasteiger partial charge in [-0.05, 0) is 24.1 Å². The van der Waals surface area contributed by atoms with E-state index < -0.39 is 6.10 Å². The second-order valence-electron chi connectivity index (χ2n) is 3.27. The van der Waals surface area contributed by atoms with Gasteiger partial charge in [0.1, 0.15) is 5.75 Å². The fraction of sp³-hybridized carbons (Fsp3) is 0.417. The molecule has 1 N–H and O–H groups in total. The summed E-state index contributed by atoms with van der Waals surface area (Å²) >= 11 is 0. The Morgan fingerprint density at radius 2 is 2.07 bits per heavy atom. The van der Waals surface area contributed by atoms with Crippen molar-refractivity contribution >= 4 is 0 Å². The molecule has 0 heterocycles. The van der Waals surface area contributed by atoms with Crippen LogP contribution >= 0.6 is 0 Å². The van der Waals surface area contributed by atoms with Crippen molar-refractivity contribution in [2.75, 3.05) is 13.2 Å². The minimum Gasteiger partial charge on any atom is -0.494 e. The second kappa shape index (κ2) is 6.05. The molecule has 0 aliphatic rings. The molecule has 3 nitrogen and oxygen atoms in total. The third kappa shape index (κ3) is 3.61. The van der Waals surface area contributed by atoms with Gasteiger partial charge in [0.2, 0.25) is 6.54 Å². The minimum atomic E-state index is -0.692. The van der Waals surface area contributed by atoms with Gasteiger partial charge >= 0.3 is 0 Å². The summed E-state index contributed by atoms with van der Waals surface area (Å²) in [7, 11) is 0. The largest absolute Gasteiger partial charge is 0.494 e. The van der Waals surface area contributed by atoms with E-state index in [1.807, 2.05) is 19.1 Å². The highest BCUT2D eigenvalue weighted by Gasteiger charge is 2.09. The van der Waals surface area contributed by atoms with Crippen molar-refractivity contribution in [3.8, 4) is 5.75 Å². The van der Waals surface area contributed by atoms with Crippen LogP contribution in [0.3, 0.4) is 0 Å². The first kappa shape index (κ1) is 11.5. The number of benzene rings is 1. The Bertz CT molecular complexity index is 326. The number of aliphatic hydroxyl groups excluding tert-OH is 1. The maximum atomic E-state index is 9.53. The van der Waals surface area contributed by atoms with Crippen LogP contribution in [0.5, 0.6) is 5.75 Å². The summed E-state index contributed by atoms with van der Waals surface area (Å²) in [5.74, 6) is 0.801. The monoisotopic (exact) mass is 205 g/mol. The van der Waals surface area contributed by atoms with Gasteiger partial charge in [0.05, 0.1) is 6.61 Å². The Kier molecular flexibility index (Phi) is 4.65. The molecule has 0 aromatic heterocycles. The highest BCUT2D eigenvalue weighted by atomic mass is 16.5. The van der Waals surface area contributed by atoms with Gasteiger partial charge in [-0.1, -0.05) is 19.1 Å². The summed E-state index contributed by atoms with van der Waals surface area (Å²) in [6.45, 7) is 9.51. The quantitative estimate of drug-likeness (QED) is 0.749. The standard InChI is InChI=1S/C12H15NO2/c1-3-8-15-11-6-4-10(5-7-11)12(14)9-13-2/h4-7,12,14H,3,8-9H2,1H3. The molecule has 1 aromatic carbocycles. The number of rotatable bonds is 5. The number of hydrogen-bond donors (Lipinski definition) is 1. The van der Waals surface area contributed by atoms with Crippen molar-refractivity contribution in [1.82, 2.24) is 0 Å². The van der Waals surface area contributed by atoms with Crippen LogP contribution < -0.4 is 4.74 Å². The maximum absolute atomic E-state index is 9.53. The molecule has 0 spiro atoms. The lowest BCUT2D eigenvalue weighted by Gasteiger charge is -2.07. The van der Waals surface area contributed by atoms with Crippen LogP contribution in [0, 0.1) is 6.57 Å². The van der Waals surface area contributed by atoms with Gasteiger partial charge in [-0.3, -0.25) is 0 Å². The molecule has 0 saturated carbocycles. The first-order valence-electron chi connectivity index (χ1n) is 5.02. The molecule has 1 aromatic rings. The topological polar surface area (TPSA) is 33.8 Å². The van der Waals surface area contributed by atoms with Crippen LogP contribution in [0.15, 0.2) is 24.3 Å². The third-order valence-corrected chi connectivity index (χ3v) is 2.00. The molecular weight excluding hydrogens is 190 g/mol. The van der Waals surface area contributed by atoms with E-state index in [4.69, 9.17) is 11.3 Å². The average molecular weight is 205 g/mol. The summed E-state index contributed by atoms with van der Waals surface area (Å²) in [5, 5.41) is 9.53. The van der Waals surface area contributed by atoms with Gasteiger partial charge in [0, 0.05) is 0 Å². The van der Waals surface area contributed by atoms with Gasteiger partial charge in [-0.15, -0.1) is 0 Å². The van der Waals surface area contributed by atoms with E-state index in [9.17, 15) is 5.11 Å². The van der Waals surface area contributed by atoms with E-state index in [0.29, 0.717) is 6.61 Å². The van der Waals surface area contributed by atoms with E-state index in [1.54, 1.807) is 12.1 Å². The van der Waals surface area contributed by atoms with Crippen LogP contribution in [-0.4, -0.2) is 18.3 Å². The smallest absolute Gasteiger partial charge is 0.244 e. The van der Waals surface area contributed by atoms with Crippen molar-refractivity contribution in [2.45, 2.75) is 19.4 Å². The van der Waals surface area contributed by atoms with Gasteiger partial charge in [0.25, 0.3) is 0 Å². The Labute approximate surface area is 90.1 Å². The van der Waals surface area contributed by atoms with E-state index in [1.165, 1.54) is 0 Å². The normalized spacial score (nSPS) is 11.8. The van der Waals surface area contributed by atoms with Crippen molar-refractivity contribution in [3.05, 3.63) is 41.2 Å². The fourth-order valence-corrected chi connectivity index (χ4v) is 1.20. The van der Waals surface area contributed by atoms with Gasteiger partial charge in [-0.2, -0.15) is 0 Å². The number of ether oxygens (including phenoxy) is 1. The minimum absolute atomic E-state index is 0.106. The number of hydrogen-bond acceptors (Lipinski definition) is 2. The molecule has 0 fully saturated rings. The lowest BCUT2D eigenvalue weighted by atomic mass is 10.1. The van der Waals surface area contributed by atoms with Gasteiger partial charge in [0.15, 0.2) is 6.10 Å². The molecule has 0 aliphatic carbocycles. The van der Waals surface area contributed by atoms with E-state index in [-0.39, 0.29) is 6.54 Å². The maximum Gasteiger partial charge on any atom is 0.244 e. The Balaban J connectivity index is 2.60. The van der Waals surface area contributed by atoms with E-state index in [2.05, 4.69) is 4.85 Å². The van der Waals surface area contributed by atoms with Crippen molar-refractivity contribution in [3.63, 3.8) is 0 Å². The highest BCUT2D eigenvalue weighted by Crippen LogP contribution is 2.18. The lowest BCUT2D eigenvalue weighted by Crippen LogP contribution is -2.00. The third-order valence-electron chi connectivity index (χ3n) is 2.00.